The average molecular weight is 258 g/mol. The molecule has 1 amide bonds. The van der Waals surface area contributed by atoms with Gasteiger partial charge in [-0.15, -0.1) is 0 Å². The molecule has 90 valence electrons. The van der Waals surface area contributed by atoms with E-state index >= 15 is 0 Å². The smallest absolute Gasteiger partial charge is 0.233 e. The Labute approximate surface area is 106 Å². The fourth-order valence-electron chi connectivity index (χ4n) is 2.27. The van der Waals surface area contributed by atoms with Gasteiger partial charge in [0, 0.05) is 6.54 Å². The lowest BCUT2D eigenvalue weighted by atomic mass is 9.68. The van der Waals surface area contributed by atoms with Crippen molar-refractivity contribution >= 4 is 34.9 Å². The normalized spacial score (nSPS) is 27.1. The Hall–Kier alpha value is -0.290. The number of nitrogens with two attached hydrogens (primary N) is 1. The first kappa shape index (κ1) is 12.2. The molecule has 1 aliphatic heterocycles. The minimum atomic E-state index is -0.513. The van der Waals surface area contributed by atoms with Crippen molar-refractivity contribution in [3.63, 3.8) is 0 Å². The molecule has 0 aromatic rings. The number of carbonyl (C=O) groups excluding carboxylic acids is 1. The lowest BCUT2D eigenvalue weighted by molar-refractivity contribution is -0.130. The molecule has 1 saturated heterocycles. The molecule has 0 radical (unpaired) electrons. The molecular weight excluding hydrogens is 240 g/mol. The first-order valence-corrected chi connectivity index (χ1v) is 7.37. The Bertz CT molecular complexity index is 296. The third-order valence-electron chi connectivity index (χ3n) is 3.69. The first-order chi connectivity index (χ1) is 7.65. The van der Waals surface area contributed by atoms with E-state index in [4.69, 9.17) is 18.0 Å². The number of carbonyl (C=O) groups is 1. The zero-order chi connectivity index (χ0) is 11.6. The molecule has 1 unspecified atom stereocenters. The van der Waals surface area contributed by atoms with E-state index < -0.39 is 5.41 Å². The van der Waals surface area contributed by atoms with Crippen molar-refractivity contribution in [3.8, 4) is 0 Å². The van der Waals surface area contributed by atoms with Crippen LogP contribution in [0, 0.1) is 11.3 Å². The third-order valence-corrected chi connectivity index (χ3v) is 5.31. The monoisotopic (exact) mass is 258 g/mol. The summed E-state index contributed by atoms with van der Waals surface area (Å²) in [6.07, 6.45) is 3.93. The van der Waals surface area contributed by atoms with E-state index in [0.717, 1.165) is 25.8 Å². The van der Waals surface area contributed by atoms with E-state index in [-0.39, 0.29) is 5.91 Å². The van der Waals surface area contributed by atoms with Crippen LogP contribution in [0.3, 0.4) is 0 Å². The van der Waals surface area contributed by atoms with Crippen molar-refractivity contribution < 1.29 is 4.79 Å². The van der Waals surface area contributed by atoms with Crippen molar-refractivity contribution in [2.45, 2.75) is 25.7 Å². The topological polar surface area (TPSA) is 55.1 Å². The molecule has 16 heavy (non-hydrogen) atoms. The molecule has 1 saturated carbocycles. The number of hydrogen-bond donors (Lipinski definition) is 2. The molecule has 3 nitrogen and oxygen atoms in total. The molecule has 1 heterocycles. The van der Waals surface area contributed by atoms with Crippen LogP contribution in [0.15, 0.2) is 0 Å². The van der Waals surface area contributed by atoms with E-state index in [9.17, 15) is 4.79 Å². The molecule has 0 spiro atoms. The fraction of sp³-hybridized carbons (Fsp3) is 0.818. The zero-order valence-electron chi connectivity index (χ0n) is 9.33. The van der Waals surface area contributed by atoms with Gasteiger partial charge in [-0.1, -0.05) is 18.6 Å². The van der Waals surface area contributed by atoms with Gasteiger partial charge in [0.15, 0.2) is 0 Å². The summed E-state index contributed by atoms with van der Waals surface area (Å²) in [5.74, 6) is 3.09. The quantitative estimate of drug-likeness (QED) is 0.747. The Morgan fingerprint density at radius 3 is 2.75 bits per heavy atom. The van der Waals surface area contributed by atoms with Crippen LogP contribution < -0.4 is 11.1 Å². The van der Waals surface area contributed by atoms with Crippen molar-refractivity contribution in [2.75, 3.05) is 18.1 Å². The van der Waals surface area contributed by atoms with Crippen molar-refractivity contribution in [2.24, 2.45) is 17.1 Å². The Morgan fingerprint density at radius 1 is 1.56 bits per heavy atom. The summed E-state index contributed by atoms with van der Waals surface area (Å²) in [6, 6.07) is 0. The van der Waals surface area contributed by atoms with Gasteiger partial charge in [-0.05, 0) is 36.7 Å². The second-order valence-electron chi connectivity index (χ2n) is 4.74. The van der Waals surface area contributed by atoms with E-state index in [1.807, 2.05) is 11.8 Å². The molecule has 2 aliphatic rings. The Kier molecular flexibility index (Phi) is 3.74. The van der Waals surface area contributed by atoms with Gasteiger partial charge in [0.2, 0.25) is 5.91 Å². The van der Waals surface area contributed by atoms with Crippen molar-refractivity contribution in [3.05, 3.63) is 0 Å². The Morgan fingerprint density at radius 2 is 2.31 bits per heavy atom. The van der Waals surface area contributed by atoms with Crippen LogP contribution >= 0.6 is 24.0 Å². The largest absolute Gasteiger partial charge is 0.392 e. The number of thioether (sulfide) groups is 1. The fourth-order valence-corrected chi connectivity index (χ4v) is 3.85. The summed E-state index contributed by atoms with van der Waals surface area (Å²) in [5.41, 5.74) is 5.17. The summed E-state index contributed by atoms with van der Waals surface area (Å²) < 4.78 is 0. The number of rotatable bonds is 4. The third kappa shape index (κ3) is 2.20. The van der Waals surface area contributed by atoms with Gasteiger partial charge in [0.1, 0.15) is 0 Å². The first-order valence-electron chi connectivity index (χ1n) is 5.81. The summed E-state index contributed by atoms with van der Waals surface area (Å²) in [7, 11) is 0. The molecule has 0 bridgehead atoms. The molecule has 5 heteroatoms. The highest BCUT2D eigenvalue weighted by molar-refractivity contribution is 7.99. The minimum Gasteiger partial charge on any atom is -0.392 e. The van der Waals surface area contributed by atoms with E-state index in [2.05, 4.69) is 5.32 Å². The van der Waals surface area contributed by atoms with E-state index in [1.54, 1.807) is 0 Å². The molecule has 3 N–H and O–H groups in total. The highest BCUT2D eigenvalue weighted by atomic mass is 32.2. The van der Waals surface area contributed by atoms with Crippen LogP contribution in [0.2, 0.25) is 0 Å². The van der Waals surface area contributed by atoms with E-state index in [0.29, 0.717) is 10.9 Å². The predicted molar refractivity (Wildman–Crippen MR) is 71.5 cm³/mol. The molecule has 1 aliphatic carbocycles. The summed E-state index contributed by atoms with van der Waals surface area (Å²) >= 11 is 6.98. The number of amides is 1. The standard InChI is InChI=1S/C11H18N2OS2/c12-9(15)11(3-1-4-11)10(14)13-6-8-2-5-16-7-8/h8H,1-7H2,(H2,12,15)(H,13,14). The van der Waals surface area contributed by atoms with Gasteiger partial charge in [-0.3, -0.25) is 4.79 Å². The Balaban J connectivity index is 1.84. The average Bonchev–Trinajstić information content (AvgIpc) is 2.64. The van der Waals surface area contributed by atoms with Crippen LogP contribution in [0.1, 0.15) is 25.7 Å². The highest BCUT2D eigenvalue weighted by Crippen LogP contribution is 2.41. The van der Waals surface area contributed by atoms with Crippen LogP contribution in [0.5, 0.6) is 0 Å². The van der Waals surface area contributed by atoms with Gasteiger partial charge in [-0.2, -0.15) is 11.8 Å². The zero-order valence-corrected chi connectivity index (χ0v) is 11.0. The maximum atomic E-state index is 12.1. The number of thiocarbonyl (C=S) groups is 1. The molecule has 0 aromatic heterocycles. The maximum Gasteiger partial charge on any atom is 0.233 e. The molecule has 0 aromatic carbocycles. The molecule has 2 rings (SSSR count). The second kappa shape index (κ2) is 4.92. The van der Waals surface area contributed by atoms with Gasteiger partial charge < -0.3 is 11.1 Å². The second-order valence-corrected chi connectivity index (χ2v) is 6.33. The lowest BCUT2D eigenvalue weighted by Crippen LogP contribution is -2.53. The van der Waals surface area contributed by atoms with Crippen LogP contribution in [-0.2, 0) is 4.79 Å². The van der Waals surface area contributed by atoms with Crippen LogP contribution in [0.25, 0.3) is 0 Å². The number of nitrogens with one attached hydrogen (secondary N) is 1. The van der Waals surface area contributed by atoms with E-state index in [1.165, 1.54) is 17.9 Å². The lowest BCUT2D eigenvalue weighted by Gasteiger charge is -2.39. The highest BCUT2D eigenvalue weighted by Gasteiger charge is 2.46. The van der Waals surface area contributed by atoms with Crippen LogP contribution in [-0.4, -0.2) is 28.9 Å². The van der Waals surface area contributed by atoms with Crippen molar-refractivity contribution in [1.29, 1.82) is 0 Å². The summed E-state index contributed by atoms with van der Waals surface area (Å²) in [4.78, 5) is 12.4. The van der Waals surface area contributed by atoms with Gasteiger partial charge in [0.05, 0.1) is 10.4 Å². The van der Waals surface area contributed by atoms with Gasteiger partial charge >= 0.3 is 0 Å². The minimum absolute atomic E-state index is 0.0585. The SMILES string of the molecule is NC(=S)C1(C(=O)NCC2CCSC2)CCC1. The van der Waals surface area contributed by atoms with Gasteiger partial charge in [0.25, 0.3) is 0 Å². The van der Waals surface area contributed by atoms with Gasteiger partial charge in [-0.25, -0.2) is 0 Å². The number of hydrogen-bond acceptors (Lipinski definition) is 3. The molecular formula is C11H18N2OS2. The summed E-state index contributed by atoms with van der Waals surface area (Å²) in [5, 5.41) is 3.03. The van der Waals surface area contributed by atoms with Crippen molar-refractivity contribution in [1.82, 2.24) is 5.32 Å². The molecule has 1 atom stereocenters. The maximum absolute atomic E-state index is 12.1. The predicted octanol–water partition coefficient (Wildman–Crippen LogP) is 1.31. The van der Waals surface area contributed by atoms with Crippen LogP contribution in [0.4, 0.5) is 0 Å². The molecule has 2 fully saturated rings. The summed E-state index contributed by atoms with van der Waals surface area (Å²) in [6.45, 7) is 0.788.